The van der Waals surface area contributed by atoms with Crippen molar-refractivity contribution in [3.05, 3.63) is 35.4 Å². The minimum Gasteiger partial charge on any atom is -0.447 e. The summed E-state index contributed by atoms with van der Waals surface area (Å²) in [5.74, 6) is -1.63. The molecule has 0 aromatic heterocycles. The molecule has 1 aliphatic carbocycles. The maximum absolute atomic E-state index is 10.6. The van der Waals surface area contributed by atoms with Crippen molar-refractivity contribution in [3.8, 4) is 18.2 Å². The van der Waals surface area contributed by atoms with Gasteiger partial charge in [0.2, 0.25) is 17.1 Å². The van der Waals surface area contributed by atoms with Crippen molar-refractivity contribution in [2.24, 2.45) is 16.7 Å². The van der Waals surface area contributed by atoms with E-state index in [4.69, 9.17) is 14.9 Å². The average Bonchev–Trinajstić information content (AvgIpc) is 3.02. The summed E-state index contributed by atoms with van der Waals surface area (Å²) in [6, 6.07) is 14.5. The molecule has 1 saturated carbocycles. The molecule has 1 N–H and O–H groups in total. The minimum absolute atomic E-state index is 0.278. The van der Waals surface area contributed by atoms with Crippen LogP contribution < -0.4 is 0 Å². The molecule has 2 saturated heterocycles. The molecule has 4 atom stereocenters. The van der Waals surface area contributed by atoms with Crippen molar-refractivity contribution in [2.75, 3.05) is 0 Å². The lowest BCUT2D eigenvalue weighted by Crippen LogP contribution is -2.59. The monoisotopic (exact) mass is 458 g/mol. The zero-order valence-electron chi connectivity index (χ0n) is 20.3. The van der Waals surface area contributed by atoms with Gasteiger partial charge in [-0.2, -0.15) is 15.8 Å². The van der Waals surface area contributed by atoms with Crippen LogP contribution in [0.1, 0.15) is 101 Å². The number of benzene rings is 1. The Labute approximate surface area is 203 Å². The van der Waals surface area contributed by atoms with Gasteiger partial charge in [0.25, 0.3) is 0 Å². The van der Waals surface area contributed by atoms with Crippen molar-refractivity contribution in [1.82, 2.24) is 0 Å². The number of rotatable bonds is 2. The summed E-state index contributed by atoms with van der Waals surface area (Å²) in [6.07, 6.45) is 8.63. The highest BCUT2D eigenvalue weighted by molar-refractivity contribution is 5.89. The van der Waals surface area contributed by atoms with Crippen molar-refractivity contribution < 1.29 is 9.47 Å². The molecule has 2 aliphatic heterocycles. The van der Waals surface area contributed by atoms with Crippen molar-refractivity contribution in [2.45, 2.75) is 95.9 Å². The van der Waals surface area contributed by atoms with Gasteiger partial charge in [-0.05, 0) is 29.9 Å². The van der Waals surface area contributed by atoms with Crippen LogP contribution in [0, 0.1) is 56.2 Å². The van der Waals surface area contributed by atoms with E-state index < -0.39 is 28.6 Å². The summed E-state index contributed by atoms with van der Waals surface area (Å²) in [4.78, 5) is 0. The van der Waals surface area contributed by atoms with Crippen LogP contribution in [0.4, 0.5) is 0 Å². The SMILES string of the molecule is CC(C)c1ccc(C2OC34CCCCCCCCCCC3C(C#N)(C(=N)O4)C2(C#N)C#N)cc1. The largest absolute Gasteiger partial charge is 0.447 e. The maximum Gasteiger partial charge on any atom is 0.217 e. The molecule has 34 heavy (non-hydrogen) atoms. The van der Waals surface area contributed by atoms with E-state index >= 15 is 0 Å². The van der Waals surface area contributed by atoms with Gasteiger partial charge in [0.1, 0.15) is 6.10 Å². The van der Waals surface area contributed by atoms with Gasteiger partial charge >= 0.3 is 0 Å². The minimum atomic E-state index is -1.88. The van der Waals surface area contributed by atoms with Crippen LogP contribution in [0.2, 0.25) is 0 Å². The van der Waals surface area contributed by atoms with E-state index in [1.165, 1.54) is 12.8 Å². The van der Waals surface area contributed by atoms with E-state index in [1.807, 2.05) is 24.3 Å². The fourth-order valence-corrected chi connectivity index (χ4v) is 6.28. The Balaban J connectivity index is 1.86. The number of hydrogen-bond donors (Lipinski definition) is 1. The molecular formula is C28H34N4O2. The number of ether oxygens (including phenoxy) is 2. The Bertz CT molecular complexity index is 1030. The summed E-state index contributed by atoms with van der Waals surface area (Å²) in [5, 5.41) is 40.4. The Morgan fingerprint density at radius 1 is 0.882 bits per heavy atom. The topological polar surface area (TPSA) is 114 Å². The van der Waals surface area contributed by atoms with Gasteiger partial charge in [-0.15, -0.1) is 0 Å². The average molecular weight is 459 g/mol. The second kappa shape index (κ2) is 9.40. The van der Waals surface area contributed by atoms with Gasteiger partial charge in [-0.3, -0.25) is 5.41 Å². The summed E-state index contributed by atoms with van der Waals surface area (Å²) >= 11 is 0. The molecular weight excluding hydrogens is 424 g/mol. The second-order valence-electron chi connectivity index (χ2n) is 10.4. The Morgan fingerprint density at radius 2 is 1.47 bits per heavy atom. The third-order valence-electron chi connectivity index (χ3n) is 8.22. The van der Waals surface area contributed by atoms with E-state index in [1.54, 1.807) is 0 Å². The van der Waals surface area contributed by atoms with E-state index in [9.17, 15) is 15.8 Å². The first-order chi connectivity index (χ1) is 16.4. The van der Waals surface area contributed by atoms with E-state index in [-0.39, 0.29) is 5.90 Å². The number of nitrogens with one attached hydrogen (secondary N) is 1. The first-order valence-electron chi connectivity index (χ1n) is 12.7. The highest BCUT2D eigenvalue weighted by Gasteiger charge is 2.79. The van der Waals surface area contributed by atoms with Gasteiger partial charge < -0.3 is 9.47 Å². The molecule has 0 amide bonds. The number of nitrogens with zero attached hydrogens (tertiary/aromatic N) is 3. The van der Waals surface area contributed by atoms with Crippen molar-refractivity contribution in [1.29, 1.82) is 21.2 Å². The summed E-state index contributed by atoms with van der Waals surface area (Å²) in [6.45, 7) is 4.21. The Morgan fingerprint density at radius 3 is 2.03 bits per heavy atom. The van der Waals surface area contributed by atoms with Gasteiger partial charge in [-0.25, -0.2) is 0 Å². The van der Waals surface area contributed by atoms with E-state index in [0.29, 0.717) is 24.3 Å². The second-order valence-corrected chi connectivity index (χ2v) is 10.4. The maximum atomic E-state index is 10.6. The van der Waals surface area contributed by atoms with Crippen molar-refractivity contribution in [3.63, 3.8) is 0 Å². The third kappa shape index (κ3) is 3.50. The van der Waals surface area contributed by atoms with Gasteiger partial charge in [0.05, 0.1) is 24.1 Å². The van der Waals surface area contributed by atoms with Gasteiger partial charge in [-0.1, -0.05) is 83.1 Å². The van der Waals surface area contributed by atoms with Crippen LogP contribution in [0.25, 0.3) is 0 Å². The molecule has 0 radical (unpaired) electrons. The van der Waals surface area contributed by atoms with Crippen LogP contribution in [0.3, 0.4) is 0 Å². The van der Waals surface area contributed by atoms with Gasteiger partial charge in [0.15, 0.2) is 5.41 Å². The molecule has 6 heteroatoms. The molecule has 3 aliphatic rings. The fourth-order valence-electron chi connectivity index (χ4n) is 6.28. The fraction of sp³-hybridized carbons (Fsp3) is 0.643. The number of nitriles is 3. The van der Waals surface area contributed by atoms with Crippen LogP contribution in [-0.2, 0) is 9.47 Å². The van der Waals surface area contributed by atoms with Crippen LogP contribution in [-0.4, -0.2) is 11.7 Å². The number of hydrogen-bond acceptors (Lipinski definition) is 6. The standard InChI is InChI=1S/C28H34N4O2/c1-20(2)21-12-14-22(15-13-21)24-26(17-29,18-30)27(19-31)23-11-9-7-5-3-4-6-8-10-16-28(23,33-24)34-25(27)32/h12-15,20,23-24,32H,3-11,16H2,1-2H3. The molecule has 2 bridgehead atoms. The van der Waals surface area contributed by atoms with Crippen LogP contribution >= 0.6 is 0 Å². The zero-order valence-corrected chi connectivity index (χ0v) is 20.3. The summed E-state index contributed by atoms with van der Waals surface area (Å²) in [7, 11) is 0. The first-order valence-corrected chi connectivity index (χ1v) is 12.7. The lowest BCUT2D eigenvalue weighted by molar-refractivity contribution is -0.287. The van der Waals surface area contributed by atoms with Gasteiger partial charge in [0, 0.05) is 6.42 Å². The summed E-state index contributed by atoms with van der Waals surface area (Å²) < 4.78 is 12.9. The predicted molar refractivity (Wildman–Crippen MR) is 127 cm³/mol. The highest BCUT2D eigenvalue weighted by Crippen LogP contribution is 2.68. The Kier molecular flexibility index (Phi) is 6.71. The zero-order chi connectivity index (χ0) is 24.4. The molecule has 1 aromatic carbocycles. The smallest absolute Gasteiger partial charge is 0.217 e. The lowest BCUT2D eigenvalue weighted by atomic mass is 9.52. The van der Waals surface area contributed by atoms with Crippen LogP contribution in [0.5, 0.6) is 0 Å². The van der Waals surface area contributed by atoms with E-state index in [0.717, 1.165) is 44.1 Å². The quantitative estimate of drug-likeness (QED) is 0.532. The highest BCUT2D eigenvalue weighted by atomic mass is 16.7. The molecule has 4 unspecified atom stereocenters. The normalized spacial score (nSPS) is 33.2. The molecule has 2 heterocycles. The Hall–Kier alpha value is -2.88. The van der Waals surface area contributed by atoms with E-state index in [2.05, 4.69) is 32.1 Å². The van der Waals surface area contributed by atoms with Crippen LogP contribution in [0.15, 0.2) is 24.3 Å². The molecule has 178 valence electrons. The summed E-state index contributed by atoms with van der Waals surface area (Å²) in [5.41, 5.74) is -1.72. The van der Waals surface area contributed by atoms with Crippen molar-refractivity contribution >= 4 is 5.90 Å². The molecule has 3 fully saturated rings. The lowest BCUT2D eigenvalue weighted by Gasteiger charge is -2.50. The predicted octanol–water partition coefficient (Wildman–Crippen LogP) is 6.66. The molecule has 1 aromatic rings. The molecule has 6 nitrogen and oxygen atoms in total. The molecule has 4 rings (SSSR count). The molecule has 0 spiro atoms. The first kappa shape index (κ1) is 24.3. The third-order valence-corrected chi connectivity index (χ3v) is 8.22.